The smallest absolute Gasteiger partial charge is 0.320 e. The zero-order valence-electron chi connectivity index (χ0n) is 17.4. The van der Waals surface area contributed by atoms with Crippen LogP contribution in [0, 0.1) is 11.8 Å². The van der Waals surface area contributed by atoms with Crippen molar-refractivity contribution in [2.45, 2.75) is 32.2 Å². The molecule has 0 bridgehead atoms. The normalized spacial score (nSPS) is 14.8. The highest BCUT2D eigenvalue weighted by molar-refractivity contribution is 5.92. The van der Waals surface area contributed by atoms with E-state index in [4.69, 9.17) is 0 Å². The molecule has 9 nitrogen and oxygen atoms in total. The molecule has 0 aromatic carbocycles. The highest BCUT2D eigenvalue weighted by Gasteiger charge is 2.25. The number of rotatable bonds is 6. The largest absolute Gasteiger partial charge is 0.354 e. The summed E-state index contributed by atoms with van der Waals surface area (Å²) in [6.45, 7) is 3.64. The van der Waals surface area contributed by atoms with Crippen LogP contribution in [-0.4, -0.2) is 58.5 Å². The molecule has 3 rings (SSSR count). The number of carbonyl (C=O) groups excluding carboxylic acids is 2. The maximum atomic E-state index is 14.7. The van der Waals surface area contributed by atoms with Gasteiger partial charge in [-0.15, -0.1) is 0 Å². The lowest BCUT2D eigenvalue weighted by atomic mass is 9.90. The van der Waals surface area contributed by atoms with E-state index in [9.17, 15) is 18.4 Å². The molecule has 1 saturated heterocycles. The van der Waals surface area contributed by atoms with E-state index in [0.29, 0.717) is 38.0 Å². The van der Waals surface area contributed by atoms with Crippen molar-refractivity contribution in [1.29, 1.82) is 0 Å². The average Bonchev–Trinajstić information content (AvgIpc) is 2.76. The lowest BCUT2D eigenvalue weighted by Gasteiger charge is -2.32. The van der Waals surface area contributed by atoms with Gasteiger partial charge in [-0.3, -0.25) is 15.0 Å². The third-order valence-electron chi connectivity index (χ3n) is 5.17. The molecule has 2 aromatic heterocycles. The Bertz CT molecular complexity index is 949. The van der Waals surface area contributed by atoms with Gasteiger partial charge in [0.05, 0.1) is 5.69 Å². The summed E-state index contributed by atoms with van der Waals surface area (Å²) >= 11 is 0. The lowest BCUT2D eigenvalue weighted by Crippen LogP contribution is -2.34. The van der Waals surface area contributed by atoms with Gasteiger partial charge in [0, 0.05) is 25.7 Å². The number of piperidine rings is 1. The van der Waals surface area contributed by atoms with Crippen LogP contribution in [0.1, 0.15) is 47.4 Å². The van der Waals surface area contributed by atoms with Crippen molar-refractivity contribution < 1.29 is 18.4 Å². The molecule has 2 aromatic rings. The Labute approximate surface area is 178 Å². The number of nitrogens with one attached hydrogen (secondary N) is 3. The van der Waals surface area contributed by atoms with Crippen LogP contribution >= 0.6 is 0 Å². The van der Waals surface area contributed by atoms with Gasteiger partial charge in [0.1, 0.15) is 12.0 Å². The third kappa shape index (κ3) is 5.48. The molecule has 3 heterocycles. The van der Waals surface area contributed by atoms with E-state index in [2.05, 4.69) is 30.9 Å². The fraction of sp³-hybridized carbons (Fsp3) is 0.450. The predicted molar refractivity (Wildman–Crippen MR) is 110 cm³/mol. The van der Waals surface area contributed by atoms with Crippen molar-refractivity contribution in [3.8, 4) is 0 Å². The third-order valence-corrected chi connectivity index (χ3v) is 5.17. The molecule has 31 heavy (non-hydrogen) atoms. The van der Waals surface area contributed by atoms with Gasteiger partial charge in [0.25, 0.3) is 5.91 Å². The SMILES string of the molecule is CCNC(=O)Nc1ncnc(CN2CCC(c3ccc(C(=O)NC)nc3F)CC2)c1F. The van der Waals surface area contributed by atoms with Gasteiger partial charge in [-0.25, -0.2) is 24.1 Å². The Balaban J connectivity index is 1.61. The number of likely N-dealkylation sites (tertiary alicyclic amines) is 1. The van der Waals surface area contributed by atoms with Gasteiger partial charge >= 0.3 is 6.03 Å². The predicted octanol–water partition coefficient (Wildman–Crippen LogP) is 2.03. The fourth-order valence-electron chi connectivity index (χ4n) is 3.53. The molecule has 1 aliphatic rings. The number of pyridine rings is 1. The summed E-state index contributed by atoms with van der Waals surface area (Å²) in [5.41, 5.74) is 0.703. The number of amides is 3. The summed E-state index contributed by atoms with van der Waals surface area (Å²) in [7, 11) is 1.46. The number of aromatic nitrogens is 3. The summed E-state index contributed by atoms with van der Waals surface area (Å²) in [4.78, 5) is 36.8. The molecule has 3 N–H and O–H groups in total. The lowest BCUT2D eigenvalue weighted by molar-refractivity contribution is 0.0956. The molecule has 0 atom stereocenters. The average molecular weight is 433 g/mol. The Morgan fingerprint density at radius 1 is 1.19 bits per heavy atom. The summed E-state index contributed by atoms with van der Waals surface area (Å²) in [6, 6.07) is 2.59. The zero-order valence-corrected chi connectivity index (χ0v) is 17.4. The maximum absolute atomic E-state index is 14.7. The highest BCUT2D eigenvalue weighted by Crippen LogP contribution is 2.30. The van der Waals surface area contributed by atoms with Crippen molar-refractivity contribution in [2.75, 3.05) is 32.0 Å². The second kappa shape index (κ2) is 10.2. The van der Waals surface area contributed by atoms with Crippen LogP contribution in [0.25, 0.3) is 0 Å². The number of nitrogens with zero attached hydrogens (tertiary/aromatic N) is 4. The topological polar surface area (TPSA) is 112 Å². The van der Waals surface area contributed by atoms with E-state index in [1.54, 1.807) is 13.0 Å². The molecule has 3 amide bonds. The number of hydrogen-bond acceptors (Lipinski definition) is 6. The van der Waals surface area contributed by atoms with Gasteiger partial charge in [-0.2, -0.15) is 4.39 Å². The number of anilines is 1. The van der Waals surface area contributed by atoms with Crippen molar-refractivity contribution >= 4 is 17.8 Å². The Hall–Kier alpha value is -3.21. The quantitative estimate of drug-likeness (QED) is 0.601. The first-order valence-electron chi connectivity index (χ1n) is 10.1. The van der Waals surface area contributed by atoms with Crippen molar-refractivity contribution in [3.05, 3.63) is 47.2 Å². The first-order valence-corrected chi connectivity index (χ1v) is 10.1. The van der Waals surface area contributed by atoms with Gasteiger partial charge in [0.2, 0.25) is 5.95 Å². The van der Waals surface area contributed by atoms with Crippen molar-refractivity contribution in [2.24, 2.45) is 0 Å². The number of carbonyl (C=O) groups is 2. The number of urea groups is 1. The molecule has 0 spiro atoms. The van der Waals surface area contributed by atoms with E-state index < -0.39 is 23.7 Å². The van der Waals surface area contributed by atoms with Crippen LogP contribution in [0.2, 0.25) is 0 Å². The Morgan fingerprint density at radius 2 is 1.94 bits per heavy atom. The van der Waals surface area contributed by atoms with Gasteiger partial charge < -0.3 is 10.6 Å². The molecule has 1 fully saturated rings. The Kier molecular flexibility index (Phi) is 7.40. The summed E-state index contributed by atoms with van der Waals surface area (Å²) in [5, 5.41) is 7.30. The first-order chi connectivity index (χ1) is 14.9. The highest BCUT2D eigenvalue weighted by atomic mass is 19.1. The van der Waals surface area contributed by atoms with Crippen LogP contribution in [-0.2, 0) is 6.54 Å². The maximum Gasteiger partial charge on any atom is 0.320 e. The molecule has 0 radical (unpaired) electrons. The van der Waals surface area contributed by atoms with E-state index in [1.165, 1.54) is 19.4 Å². The minimum absolute atomic E-state index is 0.0345. The summed E-state index contributed by atoms with van der Waals surface area (Å²) in [5.74, 6) is -1.95. The summed E-state index contributed by atoms with van der Waals surface area (Å²) in [6.07, 6.45) is 2.53. The van der Waals surface area contributed by atoms with E-state index in [1.807, 2.05) is 4.90 Å². The Morgan fingerprint density at radius 3 is 2.58 bits per heavy atom. The molecule has 11 heteroatoms. The zero-order chi connectivity index (χ0) is 22.4. The van der Waals surface area contributed by atoms with Crippen LogP contribution in [0.4, 0.5) is 19.4 Å². The van der Waals surface area contributed by atoms with Crippen LogP contribution < -0.4 is 16.0 Å². The second-order valence-electron chi connectivity index (χ2n) is 7.17. The second-order valence-corrected chi connectivity index (χ2v) is 7.17. The van der Waals surface area contributed by atoms with Gasteiger partial charge in [-0.05, 0) is 44.8 Å². The number of halogens is 2. The molecule has 166 valence electrons. The van der Waals surface area contributed by atoms with Crippen molar-refractivity contribution in [1.82, 2.24) is 30.5 Å². The minimum Gasteiger partial charge on any atom is -0.354 e. The van der Waals surface area contributed by atoms with Crippen LogP contribution in [0.15, 0.2) is 18.5 Å². The van der Waals surface area contributed by atoms with Crippen LogP contribution in [0.5, 0.6) is 0 Å². The van der Waals surface area contributed by atoms with Gasteiger partial charge in [-0.1, -0.05) is 6.07 Å². The van der Waals surface area contributed by atoms with E-state index in [-0.39, 0.29) is 29.7 Å². The molecular formula is C20H25F2N7O2. The summed E-state index contributed by atoms with van der Waals surface area (Å²) < 4.78 is 29.1. The van der Waals surface area contributed by atoms with E-state index in [0.717, 1.165) is 0 Å². The van der Waals surface area contributed by atoms with Crippen molar-refractivity contribution in [3.63, 3.8) is 0 Å². The molecule has 0 unspecified atom stereocenters. The molecular weight excluding hydrogens is 408 g/mol. The monoisotopic (exact) mass is 433 g/mol. The first kappa shape index (κ1) is 22.5. The fourth-order valence-corrected chi connectivity index (χ4v) is 3.53. The molecule has 1 aliphatic heterocycles. The molecule has 0 saturated carbocycles. The standard InChI is InChI=1S/C20H25F2N7O2/c1-3-24-20(31)28-18-16(21)15(25-11-26-18)10-29-8-6-12(7-9-29)13-4-5-14(19(30)23-2)27-17(13)22/h4-5,11-12H,3,6-10H2,1-2H3,(H,23,30)(H2,24,25,26,28,31). The van der Waals surface area contributed by atoms with Gasteiger partial charge in [0.15, 0.2) is 11.6 Å². The molecule has 0 aliphatic carbocycles. The number of hydrogen-bond donors (Lipinski definition) is 3. The minimum atomic E-state index is -0.670. The van der Waals surface area contributed by atoms with E-state index >= 15 is 0 Å². The van der Waals surface area contributed by atoms with Crippen LogP contribution in [0.3, 0.4) is 0 Å².